The summed E-state index contributed by atoms with van der Waals surface area (Å²) in [7, 11) is 0. The van der Waals surface area contributed by atoms with E-state index in [2.05, 4.69) is 4.99 Å². The summed E-state index contributed by atoms with van der Waals surface area (Å²) in [6.07, 6.45) is -2.51. The van der Waals surface area contributed by atoms with Crippen molar-refractivity contribution in [2.45, 2.75) is 6.18 Å². The van der Waals surface area contributed by atoms with Crippen molar-refractivity contribution in [3.05, 3.63) is 57.1 Å². The zero-order valence-electron chi connectivity index (χ0n) is 14.6. The van der Waals surface area contributed by atoms with Crippen LogP contribution in [0.4, 0.5) is 18.9 Å². The lowest BCUT2D eigenvalue weighted by atomic mass is 10.1. The van der Waals surface area contributed by atoms with Crippen LogP contribution in [0.25, 0.3) is 6.08 Å². The van der Waals surface area contributed by atoms with E-state index >= 15 is 0 Å². The number of piperazine rings is 1. The maximum atomic E-state index is 12.9. The second kappa shape index (κ2) is 7.63. The summed E-state index contributed by atoms with van der Waals surface area (Å²) in [4.78, 5) is 21.8. The molecule has 1 fully saturated rings. The Kier molecular flexibility index (Phi) is 5.20. The molecule has 0 N–H and O–H groups in total. The van der Waals surface area contributed by atoms with E-state index in [9.17, 15) is 18.0 Å². The van der Waals surface area contributed by atoms with Crippen LogP contribution < -0.4 is 4.90 Å². The van der Waals surface area contributed by atoms with Crippen LogP contribution in [-0.2, 0) is 11.0 Å². The van der Waals surface area contributed by atoms with Crippen molar-refractivity contribution in [3.8, 4) is 0 Å². The number of benzene rings is 1. The molecule has 0 atom stereocenters. The molecular formula is C19H16F3N3OS2. The fourth-order valence-electron chi connectivity index (χ4n) is 3.07. The number of thioether (sulfide) groups is 1. The number of aliphatic imine (C=N–C) groups is 1. The molecule has 0 aliphatic carbocycles. The number of alkyl halides is 3. The minimum atomic E-state index is -4.35. The number of anilines is 1. The van der Waals surface area contributed by atoms with Gasteiger partial charge in [-0.05, 0) is 47.5 Å². The van der Waals surface area contributed by atoms with Crippen molar-refractivity contribution in [3.63, 3.8) is 0 Å². The lowest BCUT2D eigenvalue weighted by molar-refractivity contribution is -0.137. The zero-order chi connectivity index (χ0) is 19.7. The van der Waals surface area contributed by atoms with Gasteiger partial charge in [0.05, 0.1) is 10.5 Å². The van der Waals surface area contributed by atoms with E-state index in [1.165, 1.54) is 23.9 Å². The van der Waals surface area contributed by atoms with Crippen LogP contribution in [0.5, 0.6) is 0 Å². The van der Waals surface area contributed by atoms with Gasteiger partial charge in [0.15, 0.2) is 5.17 Å². The molecule has 146 valence electrons. The predicted octanol–water partition coefficient (Wildman–Crippen LogP) is 4.56. The van der Waals surface area contributed by atoms with E-state index in [4.69, 9.17) is 0 Å². The van der Waals surface area contributed by atoms with E-state index in [-0.39, 0.29) is 5.91 Å². The van der Waals surface area contributed by atoms with E-state index in [1.54, 1.807) is 17.4 Å². The number of hydrogen-bond acceptors (Lipinski definition) is 5. The molecule has 3 heterocycles. The molecule has 2 aliphatic rings. The number of carbonyl (C=O) groups excluding carboxylic acids is 1. The van der Waals surface area contributed by atoms with Gasteiger partial charge >= 0.3 is 6.18 Å². The van der Waals surface area contributed by atoms with Gasteiger partial charge < -0.3 is 9.80 Å². The van der Waals surface area contributed by atoms with Gasteiger partial charge in [0.2, 0.25) is 0 Å². The fourth-order valence-corrected chi connectivity index (χ4v) is 4.76. The van der Waals surface area contributed by atoms with Gasteiger partial charge in [-0.3, -0.25) is 4.79 Å². The number of amides is 1. The summed E-state index contributed by atoms with van der Waals surface area (Å²) in [5.74, 6) is -0.242. The van der Waals surface area contributed by atoms with Gasteiger partial charge in [-0.25, -0.2) is 0 Å². The highest BCUT2D eigenvalue weighted by molar-refractivity contribution is 8.18. The molecule has 2 aromatic rings. The van der Waals surface area contributed by atoms with Crippen LogP contribution in [0, 0.1) is 0 Å². The van der Waals surface area contributed by atoms with Crippen molar-refractivity contribution >= 4 is 45.9 Å². The molecule has 4 rings (SSSR count). The maximum absolute atomic E-state index is 12.9. The Morgan fingerprint density at radius 1 is 1.04 bits per heavy atom. The summed E-state index contributed by atoms with van der Waals surface area (Å²) in [6.45, 7) is 2.33. The normalized spacial score (nSPS) is 19.5. The van der Waals surface area contributed by atoms with Crippen molar-refractivity contribution in [2.75, 3.05) is 31.1 Å². The highest BCUT2D eigenvalue weighted by Gasteiger charge is 2.32. The monoisotopic (exact) mass is 423 g/mol. The minimum absolute atomic E-state index is 0.242. The average Bonchev–Trinajstić information content (AvgIpc) is 3.32. The van der Waals surface area contributed by atoms with Crippen LogP contribution in [0.15, 0.2) is 51.7 Å². The summed E-state index contributed by atoms with van der Waals surface area (Å²) in [6, 6.07) is 9.26. The molecule has 0 bridgehead atoms. The molecule has 1 saturated heterocycles. The second-order valence-corrected chi connectivity index (χ2v) is 8.34. The van der Waals surface area contributed by atoms with Gasteiger partial charge in [-0.1, -0.05) is 12.1 Å². The largest absolute Gasteiger partial charge is 0.416 e. The summed E-state index contributed by atoms with van der Waals surface area (Å²) >= 11 is 2.91. The Hall–Kier alpha value is -2.26. The van der Waals surface area contributed by atoms with E-state index < -0.39 is 11.7 Å². The number of hydrogen-bond donors (Lipinski definition) is 0. The van der Waals surface area contributed by atoms with Crippen LogP contribution >= 0.6 is 23.1 Å². The smallest absolute Gasteiger partial charge is 0.368 e. The number of halogens is 3. The first-order valence-corrected chi connectivity index (χ1v) is 10.3. The van der Waals surface area contributed by atoms with Gasteiger partial charge in [0.1, 0.15) is 0 Å². The molecule has 4 nitrogen and oxygen atoms in total. The first kappa shape index (κ1) is 19.1. The maximum Gasteiger partial charge on any atom is 0.416 e. The molecule has 1 aromatic carbocycles. The lowest BCUT2D eigenvalue weighted by Gasteiger charge is -2.36. The SMILES string of the molecule is O=C1N=C(N2CCN(c3cccc(C(F)(F)F)c3)CC2)S/C1=C/c1cccs1. The van der Waals surface area contributed by atoms with Crippen molar-refractivity contribution in [1.29, 1.82) is 0 Å². The number of nitrogens with zero attached hydrogens (tertiary/aromatic N) is 3. The number of carbonyl (C=O) groups is 1. The molecule has 0 saturated carbocycles. The summed E-state index contributed by atoms with van der Waals surface area (Å²) in [5, 5.41) is 2.61. The molecule has 2 aliphatic heterocycles. The highest BCUT2D eigenvalue weighted by atomic mass is 32.2. The third-order valence-corrected chi connectivity index (χ3v) is 6.38. The molecule has 0 unspecified atom stereocenters. The molecule has 9 heteroatoms. The number of amidine groups is 1. The van der Waals surface area contributed by atoms with Crippen molar-refractivity contribution in [2.24, 2.45) is 4.99 Å². The van der Waals surface area contributed by atoms with E-state index in [1.807, 2.05) is 33.4 Å². The van der Waals surface area contributed by atoms with Gasteiger partial charge in [0, 0.05) is 36.7 Å². The Labute approximate surface area is 168 Å². The predicted molar refractivity (Wildman–Crippen MR) is 108 cm³/mol. The van der Waals surface area contributed by atoms with Crippen LogP contribution in [0.3, 0.4) is 0 Å². The van der Waals surface area contributed by atoms with Crippen LogP contribution in [0.1, 0.15) is 10.4 Å². The summed E-state index contributed by atoms with van der Waals surface area (Å²) < 4.78 is 38.8. The summed E-state index contributed by atoms with van der Waals surface area (Å²) in [5.41, 5.74) is -0.0815. The Balaban J connectivity index is 1.40. The first-order chi connectivity index (χ1) is 13.4. The molecule has 0 radical (unpaired) electrons. The first-order valence-electron chi connectivity index (χ1n) is 8.63. The molecule has 1 aromatic heterocycles. The van der Waals surface area contributed by atoms with Crippen molar-refractivity contribution in [1.82, 2.24) is 4.90 Å². The minimum Gasteiger partial charge on any atom is -0.368 e. The molecule has 1 amide bonds. The highest BCUT2D eigenvalue weighted by Crippen LogP contribution is 2.33. The van der Waals surface area contributed by atoms with Gasteiger partial charge in [0.25, 0.3) is 5.91 Å². The molecule has 0 spiro atoms. The lowest BCUT2D eigenvalue weighted by Crippen LogP contribution is -2.47. The average molecular weight is 423 g/mol. The topological polar surface area (TPSA) is 35.9 Å². The van der Waals surface area contributed by atoms with Crippen LogP contribution in [-0.4, -0.2) is 42.2 Å². The van der Waals surface area contributed by atoms with E-state index in [0.717, 1.165) is 10.9 Å². The molecule has 28 heavy (non-hydrogen) atoms. The zero-order valence-corrected chi connectivity index (χ0v) is 16.3. The second-order valence-electron chi connectivity index (χ2n) is 6.35. The van der Waals surface area contributed by atoms with E-state index in [0.29, 0.717) is 41.9 Å². The van der Waals surface area contributed by atoms with Gasteiger partial charge in [-0.2, -0.15) is 18.2 Å². The quantitative estimate of drug-likeness (QED) is 0.664. The Bertz CT molecular complexity index is 930. The Morgan fingerprint density at radius 2 is 1.79 bits per heavy atom. The standard InChI is InChI=1S/C19H16F3N3OS2/c20-19(21,22)13-3-1-4-14(11-13)24-6-8-25(9-7-24)18-23-17(26)16(28-18)12-15-5-2-10-27-15/h1-5,10-12H,6-9H2/b16-12+. The third-order valence-electron chi connectivity index (χ3n) is 4.51. The fraction of sp³-hybridized carbons (Fsp3) is 0.263. The third kappa shape index (κ3) is 4.10. The number of thiophene rings is 1. The van der Waals surface area contributed by atoms with Crippen molar-refractivity contribution < 1.29 is 18.0 Å². The Morgan fingerprint density at radius 3 is 2.46 bits per heavy atom. The van der Waals surface area contributed by atoms with Crippen LogP contribution in [0.2, 0.25) is 0 Å². The number of rotatable bonds is 2. The molecular weight excluding hydrogens is 407 g/mol. The van der Waals surface area contributed by atoms with Gasteiger partial charge in [-0.15, -0.1) is 11.3 Å².